The van der Waals surface area contributed by atoms with Crippen LogP contribution in [-0.2, 0) is 14.3 Å². The molecule has 1 fully saturated rings. The lowest BCUT2D eigenvalue weighted by molar-refractivity contribution is -0.138. The van der Waals surface area contributed by atoms with Crippen LogP contribution < -0.4 is 4.90 Å². The zero-order valence-corrected chi connectivity index (χ0v) is 12.0. The van der Waals surface area contributed by atoms with E-state index in [0.717, 1.165) is 10.0 Å². The molecule has 1 saturated heterocycles. The molecule has 1 aromatic rings. The Bertz CT molecular complexity index is 517. The second-order valence-corrected chi connectivity index (χ2v) is 5.32. The highest BCUT2D eigenvalue weighted by Crippen LogP contribution is 2.27. The Labute approximate surface area is 119 Å². The quantitative estimate of drug-likeness (QED) is 0.921. The third kappa shape index (κ3) is 3.13. The molecule has 1 aliphatic heterocycles. The van der Waals surface area contributed by atoms with Gasteiger partial charge >= 0.3 is 5.97 Å². The van der Waals surface area contributed by atoms with Gasteiger partial charge in [0.15, 0.2) is 0 Å². The number of morpholine rings is 1. The van der Waals surface area contributed by atoms with Gasteiger partial charge in [-0.3, -0.25) is 9.59 Å². The Kier molecular flexibility index (Phi) is 4.21. The monoisotopic (exact) mass is 327 g/mol. The fourth-order valence-corrected chi connectivity index (χ4v) is 2.43. The number of rotatable bonds is 3. The average molecular weight is 328 g/mol. The number of carboxylic acid groups (broad SMARTS) is 1. The van der Waals surface area contributed by atoms with E-state index in [0.29, 0.717) is 5.69 Å². The Morgan fingerprint density at radius 3 is 2.95 bits per heavy atom. The van der Waals surface area contributed by atoms with Crippen LogP contribution in [0.5, 0.6) is 0 Å². The number of carbonyl (C=O) groups excluding carboxylic acids is 1. The fraction of sp³-hybridized carbons (Fsp3) is 0.385. The number of carboxylic acids is 1. The predicted molar refractivity (Wildman–Crippen MR) is 73.2 cm³/mol. The van der Waals surface area contributed by atoms with Crippen LogP contribution in [0.4, 0.5) is 5.69 Å². The van der Waals surface area contributed by atoms with E-state index in [9.17, 15) is 9.59 Å². The number of hydrogen-bond donors (Lipinski definition) is 1. The molecule has 1 heterocycles. The maximum atomic E-state index is 12.0. The Morgan fingerprint density at radius 2 is 2.32 bits per heavy atom. The van der Waals surface area contributed by atoms with E-state index in [1.807, 2.05) is 25.1 Å². The van der Waals surface area contributed by atoms with Crippen molar-refractivity contribution in [1.82, 2.24) is 0 Å². The van der Waals surface area contributed by atoms with Crippen molar-refractivity contribution in [2.45, 2.75) is 19.4 Å². The molecule has 0 spiro atoms. The van der Waals surface area contributed by atoms with Gasteiger partial charge in [0.2, 0.25) is 0 Å². The summed E-state index contributed by atoms with van der Waals surface area (Å²) in [6, 6.07) is 5.07. The van der Waals surface area contributed by atoms with Crippen LogP contribution in [-0.4, -0.2) is 36.2 Å². The van der Waals surface area contributed by atoms with Gasteiger partial charge in [0.05, 0.1) is 19.1 Å². The van der Waals surface area contributed by atoms with Gasteiger partial charge in [0.25, 0.3) is 5.91 Å². The first kappa shape index (κ1) is 14.0. The van der Waals surface area contributed by atoms with Crippen molar-refractivity contribution < 1.29 is 19.4 Å². The number of carbonyl (C=O) groups is 2. The smallest absolute Gasteiger partial charge is 0.305 e. The molecule has 19 heavy (non-hydrogen) atoms. The van der Waals surface area contributed by atoms with Crippen LogP contribution in [0.25, 0.3) is 0 Å². The lowest BCUT2D eigenvalue weighted by atomic mass is 10.1. The molecule has 1 aromatic carbocycles. The van der Waals surface area contributed by atoms with Crippen LogP contribution in [0.15, 0.2) is 22.7 Å². The molecule has 1 N–H and O–H groups in total. The number of halogens is 1. The Balaban J connectivity index is 2.32. The molecule has 1 unspecified atom stereocenters. The van der Waals surface area contributed by atoms with Crippen LogP contribution in [0.2, 0.25) is 0 Å². The second kappa shape index (κ2) is 5.71. The molecule has 0 saturated carbocycles. The third-order valence-electron chi connectivity index (χ3n) is 3.01. The van der Waals surface area contributed by atoms with Gasteiger partial charge in [-0.1, -0.05) is 22.0 Å². The Morgan fingerprint density at radius 1 is 1.58 bits per heavy atom. The number of ether oxygens (including phenoxy) is 1. The predicted octanol–water partition coefficient (Wildman–Crippen LogP) is 1.96. The molecular formula is C13H14BrNO4. The van der Waals surface area contributed by atoms with E-state index in [1.165, 1.54) is 4.90 Å². The van der Waals surface area contributed by atoms with Crippen molar-refractivity contribution in [3.63, 3.8) is 0 Å². The highest BCUT2D eigenvalue weighted by atomic mass is 79.9. The minimum Gasteiger partial charge on any atom is -0.481 e. The summed E-state index contributed by atoms with van der Waals surface area (Å²) in [4.78, 5) is 24.4. The van der Waals surface area contributed by atoms with Crippen LogP contribution in [0, 0.1) is 6.92 Å². The molecule has 6 heteroatoms. The number of hydrogen-bond acceptors (Lipinski definition) is 3. The van der Waals surface area contributed by atoms with Crippen molar-refractivity contribution in [3.05, 3.63) is 28.2 Å². The van der Waals surface area contributed by atoms with Gasteiger partial charge in [-0.2, -0.15) is 0 Å². The first-order valence-electron chi connectivity index (χ1n) is 5.87. The molecule has 5 nitrogen and oxygen atoms in total. The first-order chi connectivity index (χ1) is 8.99. The van der Waals surface area contributed by atoms with E-state index in [2.05, 4.69) is 15.9 Å². The normalized spacial score (nSPS) is 19.6. The maximum Gasteiger partial charge on any atom is 0.305 e. The van der Waals surface area contributed by atoms with Gasteiger partial charge in [-0.15, -0.1) is 0 Å². The van der Waals surface area contributed by atoms with Crippen molar-refractivity contribution in [1.29, 1.82) is 0 Å². The molecule has 1 amide bonds. The number of nitrogens with zero attached hydrogens (tertiary/aromatic N) is 1. The topological polar surface area (TPSA) is 66.8 Å². The summed E-state index contributed by atoms with van der Waals surface area (Å²) < 4.78 is 6.02. The number of aryl methyl sites for hydroxylation is 1. The molecule has 1 aliphatic rings. The van der Waals surface area contributed by atoms with Crippen molar-refractivity contribution in [2.75, 3.05) is 18.1 Å². The molecule has 2 rings (SSSR count). The molecule has 0 radical (unpaired) electrons. The summed E-state index contributed by atoms with van der Waals surface area (Å²) >= 11 is 3.42. The minimum absolute atomic E-state index is 0.0123. The molecule has 0 aliphatic carbocycles. The molecule has 0 bridgehead atoms. The summed E-state index contributed by atoms with van der Waals surface area (Å²) in [5.74, 6) is -1.16. The molecular weight excluding hydrogens is 314 g/mol. The van der Waals surface area contributed by atoms with Gasteiger partial charge in [0, 0.05) is 10.2 Å². The van der Waals surface area contributed by atoms with Crippen molar-refractivity contribution in [3.8, 4) is 0 Å². The lowest BCUT2D eigenvalue weighted by Gasteiger charge is -2.34. The van der Waals surface area contributed by atoms with E-state index < -0.39 is 12.0 Å². The maximum absolute atomic E-state index is 12.0. The summed E-state index contributed by atoms with van der Waals surface area (Å²) in [6.45, 7) is 2.18. The van der Waals surface area contributed by atoms with Gasteiger partial charge < -0.3 is 14.7 Å². The SMILES string of the molecule is Cc1ccc(N2C(=O)COCC2CC(=O)O)cc1Br. The summed E-state index contributed by atoms with van der Waals surface area (Å²) in [6.07, 6.45) is -0.128. The second-order valence-electron chi connectivity index (χ2n) is 4.46. The van der Waals surface area contributed by atoms with E-state index in [4.69, 9.17) is 9.84 Å². The van der Waals surface area contributed by atoms with Gasteiger partial charge in [0.1, 0.15) is 6.61 Å². The van der Waals surface area contributed by atoms with Gasteiger partial charge in [-0.25, -0.2) is 0 Å². The zero-order chi connectivity index (χ0) is 14.0. The van der Waals surface area contributed by atoms with Crippen LogP contribution in [0.3, 0.4) is 0 Å². The average Bonchev–Trinajstić information content (AvgIpc) is 2.32. The standard InChI is InChI=1S/C13H14BrNO4/c1-8-2-3-9(4-11(8)14)15-10(5-13(17)18)6-19-7-12(15)16/h2-4,10H,5-7H2,1H3,(H,17,18). The molecule has 0 aromatic heterocycles. The lowest BCUT2D eigenvalue weighted by Crippen LogP contribution is -2.50. The largest absolute Gasteiger partial charge is 0.481 e. The van der Waals surface area contributed by atoms with Crippen LogP contribution >= 0.6 is 15.9 Å². The third-order valence-corrected chi connectivity index (χ3v) is 3.87. The molecule has 102 valence electrons. The number of benzene rings is 1. The number of aliphatic carboxylic acids is 1. The van der Waals surface area contributed by atoms with Crippen molar-refractivity contribution in [2.24, 2.45) is 0 Å². The van der Waals surface area contributed by atoms with E-state index >= 15 is 0 Å². The number of anilines is 1. The summed E-state index contributed by atoms with van der Waals surface area (Å²) in [5, 5.41) is 8.91. The molecule has 1 atom stereocenters. The highest BCUT2D eigenvalue weighted by molar-refractivity contribution is 9.10. The van der Waals surface area contributed by atoms with E-state index in [-0.39, 0.29) is 25.5 Å². The summed E-state index contributed by atoms with van der Waals surface area (Å²) in [5.41, 5.74) is 1.75. The highest BCUT2D eigenvalue weighted by Gasteiger charge is 2.31. The van der Waals surface area contributed by atoms with Gasteiger partial charge in [-0.05, 0) is 24.6 Å². The Hall–Kier alpha value is -1.40. The first-order valence-corrected chi connectivity index (χ1v) is 6.66. The number of amides is 1. The fourth-order valence-electron chi connectivity index (χ4n) is 2.07. The van der Waals surface area contributed by atoms with Crippen molar-refractivity contribution >= 4 is 33.5 Å². The zero-order valence-electron chi connectivity index (χ0n) is 10.4. The van der Waals surface area contributed by atoms with Crippen LogP contribution in [0.1, 0.15) is 12.0 Å². The summed E-state index contributed by atoms with van der Waals surface area (Å²) in [7, 11) is 0. The minimum atomic E-state index is -0.945. The van der Waals surface area contributed by atoms with E-state index in [1.54, 1.807) is 0 Å².